The van der Waals surface area contributed by atoms with E-state index in [1.54, 1.807) is 31.2 Å². The minimum absolute atomic E-state index is 0.161. The maximum absolute atomic E-state index is 12.0. The van der Waals surface area contributed by atoms with E-state index in [1.165, 1.54) is 11.0 Å². The van der Waals surface area contributed by atoms with Crippen molar-refractivity contribution in [2.24, 2.45) is 0 Å². The summed E-state index contributed by atoms with van der Waals surface area (Å²) in [6.07, 6.45) is 3.25. The molecule has 0 fully saturated rings. The molecule has 21 heavy (non-hydrogen) atoms. The van der Waals surface area contributed by atoms with Crippen LogP contribution in [0.4, 0.5) is 0 Å². The average molecular weight is 289 g/mol. The van der Waals surface area contributed by atoms with Gasteiger partial charge in [0.25, 0.3) is 5.91 Å². The van der Waals surface area contributed by atoms with E-state index in [4.69, 9.17) is 9.84 Å². The molecule has 0 unspecified atom stereocenters. The summed E-state index contributed by atoms with van der Waals surface area (Å²) in [5.41, 5.74) is 0.658. The second-order valence-electron chi connectivity index (χ2n) is 4.40. The summed E-state index contributed by atoms with van der Waals surface area (Å²) < 4.78 is 5.44. The molecule has 1 aromatic carbocycles. The monoisotopic (exact) mass is 289 g/mol. The van der Waals surface area contributed by atoms with Crippen molar-refractivity contribution in [2.75, 3.05) is 19.7 Å². The first kappa shape index (κ1) is 16.5. The molecule has 0 radical (unpaired) electrons. The zero-order valence-corrected chi connectivity index (χ0v) is 12.0. The van der Waals surface area contributed by atoms with E-state index >= 15 is 0 Å². The molecule has 1 rings (SSSR count). The summed E-state index contributed by atoms with van der Waals surface area (Å²) in [5.74, 6) is -0.848. The van der Waals surface area contributed by atoms with E-state index in [-0.39, 0.29) is 18.1 Å². The van der Waals surface area contributed by atoms with Gasteiger partial charge >= 0.3 is 5.97 Å². The van der Waals surface area contributed by atoms with Gasteiger partial charge in [-0.3, -0.25) is 4.79 Å². The largest absolute Gasteiger partial charge is 0.483 e. The van der Waals surface area contributed by atoms with Crippen molar-refractivity contribution < 1.29 is 19.4 Å². The molecule has 0 aliphatic rings. The Kier molecular flexibility index (Phi) is 6.20. The number of ether oxygens (including phenoxy) is 1. The van der Waals surface area contributed by atoms with E-state index < -0.39 is 5.97 Å². The average Bonchev–Trinajstić information content (AvgIpc) is 2.45. The van der Waals surface area contributed by atoms with Crippen molar-refractivity contribution in [2.45, 2.75) is 6.92 Å². The van der Waals surface area contributed by atoms with E-state index in [9.17, 15) is 9.59 Å². The van der Waals surface area contributed by atoms with Gasteiger partial charge in [-0.1, -0.05) is 18.2 Å². The molecule has 5 nitrogen and oxygen atoms in total. The highest BCUT2D eigenvalue weighted by Crippen LogP contribution is 2.21. The molecule has 0 aliphatic heterocycles. The fourth-order valence-corrected chi connectivity index (χ4v) is 1.82. The van der Waals surface area contributed by atoms with Gasteiger partial charge in [-0.15, -0.1) is 13.2 Å². The van der Waals surface area contributed by atoms with Crippen LogP contribution in [0.2, 0.25) is 0 Å². The molecule has 0 bridgehead atoms. The number of aromatic carboxylic acids is 1. The number of benzene rings is 1. The van der Waals surface area contributed by atoms with Crippen LogP contribution in [0.5, 0.6) is 5.75 Å². The van der Waals surface area contributed by atoms with Crippen molar-refractivity contribution in [1.29, 1.82) is 0 Å². The van der Waals surface area contributed by atoms with Gasteiger partial charge in [-0.2, -0.15) is 0 Å². The molecular formula is C16H19NO4. The summed E-state index contributed by atoms with van der Waals surface area (Å²) in [5, 5.41) is 9.04. The lowest BCUT2D eigenvalue weighted by Crippen LogP contribution is -2.35. The fourth-order valence-electron chi connectivity index (χ4n) is 1.82. The van der Waals surface area contributed by atoms with Crippen LogP contribution in [0, 0.1) is 6.92 Å². The number of carbonyl (C=O) groups is 2. The molecule has 0 atom stereocenters. The SMILES string of the molecule is C=CCN(CC=C)C(=O)COc1cccc(C(=O)O)c1C. The van der Waals surface area contributed by atoms with Crippen LogP contribution in [0.15, 0.2) is 43.5 Å². The third-order valence-corrected chi connectivity index (χ3v) is 2.92. The molecule has 1 N–H and O–H groups in total. The molecule has 1 amide bonds. The van der Waals surface area contributed by atoms with Gasteiger partial charge in [0.2, 0.25) is 0 Å². The maximum atomic E-state index is 12.0. The highest BCUT2D eigenvalue weighted by Gasteiger charge is 2.14. The molecular weight excluding hydrogens is 270 g/mol. The van der Waals surface area contributed by atoms with Gasteiger partial charge in [-0.05, 0) is 19.1 Å². The molecule has 112 valence electrons. The van der Waals surface area contributed by atoms with Crippen LogP contribution in [-0.2, 0) is 4.79 Å². The van der Waals surface area contributed by atoms with E-state index in [0.717, 1.165) is 0 Å². The van der Waals surface area contributed by atoms with Gasteiger partial charge < -0.3 is 14.7 Å². The Morgan fingerprint density at radius 2 is 1.90 bits per heavy atom. The summed E-state index contributed by atoms with van der Waals surface area (Å²) in [6.45, 7) is 9.49. The standard InChI is InChI=1S/C16H19NO4/c1-4-9-17(10-5-2)15(18)11-21-14-8-6-7-13(12(14)3)16(19)20/h4-8H,1-2,9-11H2,3H3,(H,19,20). The number of hydrogen-bond acceptors (Lipinski definition) is 3. The third-order valence-electron chi connectivity index (χ3n) is 2.92. The van der Waals surface area contributed by atoms with Crippen LogP contribution in [0.25, 0.3) is 0 Å². The lowest BCUT2D eigenvalue weighted by atomic mass is 10.1. The first-order valence-electron chi connectivity index (χ1n) is 6.46. The van der Waals surface area contributed by atoms with Crippen LogP contribution in [0.3, 0.4) is 0 Å². The maximum Gasteiger partial charge on any atom is 0.336 e. The normalized spacial score (nSPS) is 9.76. The predicted octanol–water partition coefficient (Wildman–Crippen LogP) is 2.27. The Hall–Kier alpha value is -2.56. The minimum Gasteiger partial charge on any atom is -0.483 e. The van der Waals surface area contributed by atoms with Gasteiger partial charge in [0.1, 0.15) is 5.75 Å². The topological polar surface area (TPSA) is 66.8 Å². The van der Waals surface area contributed by atoms with Gasteiger partial charge in [0, 0.05) is 18.7 Å². The van der Waals surface area contributed by atoms with Gasteiger partial charge in [0.05, 0.1) is 5.56 Å². The quantitative estimate of drug-likeness (QED) is 0.746. The second kappa shape index (κ2) is 7.89. The highest BCUT2D eigenvalue weighted by atomic mass is 16.5. The summed E-state index contributed by atoms with van der Waals surface area (Å²) in [6, 6.07) is 4.72. The third kappa shape index (κ3) is 4.49. The Bertz CT molecular complexity index is 541. The predicted molar refractivity (Wildman–Crippen MR) is 80.6 cm³/mol. The van der Waals surface area contributed by atoms with Gasteiger partial charge in [-0.25, -0.2) is 4.79 Å². The first-order valence-corrected chi connectivity index (χ1v) is 6.46. The van der Waals surface area contributed by atoms with Crippen LogP contribution in [-0.4, -0.2) is 41.6 Å². The summed E-state index contributed by atoms with van der Waals surface area (Å²) >= 11 is 0. The fraction of sp³-hybridized carbons (Fsp3) is 0.250. The van der Waals surface area contributed by atoms with Crippen molar-refractivity contribution in [3.63, 3.8) is 0 Å². The van der Waals surface area contributed by atoms with Crippen LogP contribution < -0.4 is 4.74 Å². The zero-order chi connectivity index (χ0) is 15.8. The minimum atomic E-state index is -1.02. The molecule has 1 aromatic rings. The lowest BCUT2D eigenvalue weighted by molar-refractivity contribution is -0.132. The van der Waals surface area contributed by atoms with Crippen molar-refractivity contribution in [3.05, 3.63) is 54.6 Å². The number of carbonyl (C=O) groups excluding carboxylic acids is 1. The first-order chi connectivity index (χ1) is 10.0. The van der Waals surface area contributed by atoms with Crippen LogP contribution in [0.1, 0.15) is 15.9 Å². The number of carboxylic acids is 1. The van der Waals surface area contributed by atoms with Crippen LogP contribution >= 0.6 is 0 Å². The molecule has 0 saturated heterocycles. The smallest absolute Gasteiger partial charge is 0.336 e. The van der Waals surface area contributed by atoms with Crippen molar-refractivity contribution in [3.8, 4) is 5.75 Å². The van der Waals surface area contributed by atoms with Crippen molar-refractivity contribution >= 4 is 11.9 Å². The molecule has 0 aliphatic carbocycles. The number of amides is 1. The van der Waals surface area contributed by atoms with E-state index in [2.05, 4.69) is 13.2 Å². The van der Waals surface area contributed by atoms with E-state index in [0.29, 0.717) is 24.4 Å². The van der Waals surface area contributed by atoms with E-state index in [1.807, 2.05) is 0 Å². The lowest BCUT2D eigenvalue weighted by Gasteiger charge is -2.20. The second-order valence-corrected chi connectivity index (χ2v) is 4.40. The Morgan fingerprint density at radius 3 is 2.43 bits per heavy atom. The molecule has 0 saturated carbocycles. The number of hydrogen-bond donors (Lipinski definition) is 1. The highest BCUT2D eigenvalue weighted by molar-refractivity contribution is 5.90. The summed E-state index contributed by atoms with van der Waals surface area (Å²) in [4.78, 5) is 24.6. The molecule has 0 aromatic heterocycles. The Morgan fingerprint density at radius 1 is 1.29 bits per heavy atom. The molecule has 0 heterocycles. The van der Waals surface area contributed by atoms with Crippen molar-refractivity contribution in [1.82, 2.24) is 4.90 Å². The number of nitrogens with zero attached hydrogens (tertiary/aromatic N) is 1. The van der Waals surface area contributed by atoms with Gasteiger partial charge in [0.15, 0.2) is 6.61 Å². The Balaban J connectivity index is 2.76. The molecule has 0 spiro atoms. The summed E-state index contributed by atoms with van der Waals surface area (Å²) in [7, 11) is 0. The number of rotatable bonds is 8. The zero-order valence-electron chi connectivity index (χ0n) is 12.0. The Labute approximate surface area is 124 Å². The number of carboxylic acid groups (broad SMARTS) is 1. The molecule has 5 heteroatoms.